The quantitative estimate of drug-likeness (QED) is 0.820. The van der Waals surface area contributed by atoms with Crippen LogP contribution in [0.5, 0.6) is 0 Å². The molecule has 1 heterocycles. The Balaban J connectivity index is 2.43. The molecule has 1 N–H and O–H groups in total. The maximum atomic E-state index is 12.1. The fraction of sp³-hybridized carbons (Fsp3) is 0.500. The van der Waals surface area contributed by atoms with Gasteiger partial charge < -0.3 is 19.5 Å². The molecule has 1 amide bonds. The summed E-state index contributed by atoms with van der Waals surface area (Å²) < 4.78 is 14.4. The highest BCUT2D eigenvalue weighted by atomic mass is 32.1. The van der Waals surface area contributed by atoms with Crippen molar-refractivity contribution in [2.45, 2.75) is 18.8 Å². The van der Waals surface area contributed by atoms with Crippen LogP contribution < -0.4 is 5.32 Å². The lowest BCUT2D eigenvalue weighted by atomic mass is 9.99. The third-order valence-corrected chi connectivity index (χ3v) is 4.61. The van der Waals surface area contributed by atoms with Gasteiger partial charge in [-0.15, -0.1) is 11.3 Å². The van der Waals surface area contributed by atoms with Crippen LogP contribution in [-0.4, -0.2) is 45.8 Å². The van der Waals surface area contributed by atoms with E-state index in [4.69, 9.17) is 14.2 Å². The molecular formula is C14H17NO6S. The summed E-state index contributed by atoms with van der Waals surface area (Å²) in [7, 11) is 3.98. The topological polar surface area (TPSA) is 90.9 Å². The van der Waals surface area contributed by atoms with Gasteiger partial charge in [0, 0.05) is 12.0 Å². The first kappa shape index (κ1) is 16.4. The molecule has 0 unspecified atom stereocenters. The minimum Gasteiger partial charge on any atom is -0.469 e. The van der Waals surface area contributed by atoms with Crippen molar-refractivity contribution >= 4 is 34.2 Å². The van der Waals surface area contributed by atoms with E-state index in [9.17, 15) is 14.4 Å². The second kappa shape index (κ2) is 6.89. The maximum Gasteiger partial charge on any atom is 0.341 e. The Morgan fingerprint density at radius 3 is 2.55 bits per heavy atom. The van der Waals surface area contributed by atoms with Crippen molar-refractivity contribution in [1.29, 1.82) is 0 Å². The normalized spacial score (nSPS) is 16.0. The van der Waals surface area contributed by atoms with Crippen LogP contribution in [0.4, 0.5) is 5.00 Å². The van der Waals surface area contributed by atoms with Crippen molar-refractivity contribution in [3.05, 3.63) is 16.0 Å². The molecule has 0 aliphatic heterocycles. The summed E-state index contributed by atoms with van der Waals surface area (Å²) in [5.74, 6) is -1.85. The monoisotopic (exact) mass is 327 g/mol. The number of methoxy groups -OCH3 is 3. The highest BCUT2D eigenvalue weighted by molar-refractivity contribution is 7.17. The van der Waals surface area contributed by atoms with Crippen molar-refractivity contribution in [2.24, 2.45) is 0 Å². The minimum absolute atomic E-state index is 0.121. The first-order chi connectivity index (χ1) is 10.5. The number of anilines is 1. The molecule has 0 spiro atoms. The summed E-state index contributed by atoms with van der Waals surface area (Å²) in [6.07, 6.45) is 1.24. The molecule has 0 bridgehead atoms. The summed E-state index contributed by atoms with van der Waals surface area (Å²) >= 11 is 1.28. The molecule has 0 saturated heterocycles. The number of carbonyl (C=O) groups excluding carboxylic acids is 3. The zero-order valence-electron chi connectivity index (χ0n) is 12.6. The number of esters is 2. The Hall–Kier alpha value is -1.93. The summed E-state index contributed by atoms with van der Waals surface area (Å²) in [4.78, 5) is 36.6. The van der Waals surface area contributed by atoms with Gasteiger partial charge in [0.1, 0.15) is 11.6 Å². The molecule has 0 fully saturated rings. The molecule has 1 aromatic rings. The van der Waals surface area contributed by atoms with Crippen LogP contribution in [0.2, 0.25) is 0 Å². The van der Waals surface area contributed by atoms with Gasteiger partial charge in [-0.25, -0.2) is 4.79 Å². The number of amides is 1. The number of aryl methyl sites for hydroxylation is 1. The number of thiophene rings is 1. The van der Waals surface area contributed by atoms with Crippen LogP contribution >= 0.6 is 11.3 Å². The van der Waals surface area contributed by atoms with Crippen molar-refractivity contribution in [1.82, 2.24) is 0 Å². The van der Waals surface area contributed by atoms with E-state index in [0.29, 0.717) is 23.4 Å². The summed E-state index contributed by atoms with van der Waals surface area (Å²) in [5.41, 5.74) is 0.844. The standard InChI is InChI=1S/C14H17NO6S/c1-19-6-9(16)15-12-11(14(18)21-3)10-7(13(17)20-2)4-5-8(10)22-12/h7H,4-6H2,1-3H3,(H,15,16)/t7-/m0/s1. The molecule has 2 rings (SSSR count). The van der Waals surface area contributed by atoms with E-state index >= 15 is 0 Å². The Bertz CT molecular complexity index is 609. The largest absolute Gasteiger partial charge is 0.469 e. The molecular weight excluding hydrogens is 310 g/mol. The van der Waals surface area contributed by atoms with Gasteiger partial charge in [-0.05, 0) is 18.4 Å². The Kier molecular flexibility index (Phi) is 5.15. The van der Waals surface area contributed by atoms with Gasteiger partial charge in [0.15, 0.2) is 0 Å². The lowest BCUT2D eigenvalue weighted by molar-refractivity contribution is -0.142. The van der Waals surface area contributed by atoms with Crippen molar-refractivity contribution < 1.29 is 28.6 Å². The smallest absolute Gasteiger partial charge is 0.341 e. The van der Waals surface area contributed by atoms with Crippen LogP contribution in [0.15, 0.2) is 0 Å². The summed E-state index contributed by atoms with van der Waals surface area (Å²) in [6.45, 7) is -0.121. The third kappa shape index (κ3) is 2.97. The highest BCUT2D eigenvalue weighted by Crippen LogP contribution is 2.45. The van der Waals surface area contributed by atoms with E-state index in [-0.39, 0.29) is 18.1 Å². The molecule has 0 saturated carbocycles. The van der Waals surface area contributed by atoms with E-state index in [0.717, 1.165) is 4.88 Å². The molecule has 120 valence electrons. The van der Waals surface area contributed by atoms with Crippen molar-refractivity contribution in [3.8, 4) is 0 Å². The molecule has 22 heavy (non-hydrogen) atoms. The average Bonchev–Trinajstić information content (AvgIpc) is 3.04. The second-order valence-corrected chi connectivity index (χ2v) is 5.84. The number of carbonyl (C=O) groups is 3. The van der Waals surface area contributed by atoms with Crippen LogP contribution in [-0.2, 0) is 30.2 Å². The molecule has 0 radical (unpaired) electrons. The van der Waals surface area contributed by atoms with E-state index in [1.54, 1.807) is 0 Å². The molecule has 1 atom stereocenters. The number of fused-ring (bicyclic) bond motifs is 1. The lowest BCUT2D eigenvalue weighted by Gasteiger charge is -2.11. The summed E-state index contributed by atoms with van der Waals surface area (Å²) in [5, 5.41) is 3.02. The number of hydrogen-bond donors (Lipinski definition) is 1. The minimum atomic E-state index is -0.582. The van der Waals surface area contributed by atoms with Gasteiger partial charge in [0.2, 0.25) is 0 Å². The zero-order valence-corrected chi connectivity index (χ0v) is 13.4. The Morgan fingerprint density at radius 2 is 1.95 bits per heavy atom. The van der Waals surface area contributed by atoms with E-state index in [1.165, 1.54) is 32.7 Å². The van der Waals surface area contributed by atoms with Gasteiger partial charge in [0.05, 0.1) is 25.7 Å². The first-order valence-electron chi connectivity index (χ1n) is 6.63. The molecule has 1 aliphatic carbocycles. The predicted molar refractivity (Wildman–Crippen MR) is 79.2 cm³/mol. The third-order valence-electron chi connectivity index (χ3n) is 3.43. The Labute approximate surface area is 131 Å². The number of rotatable bonds is 5. The zero-order chi connectivity index (χ0) is 16.3. The SMILES string of the molecule is COCC(=O)Nc1sc2c(c1C(=O)OC)[C@@H](C(=O)OC)CC2. The van der Waals surface area contributed by atoms with Gasteiger partial charge in [0.25, 0.3) is 5.91 Å². The van der Waals surface area contributed by atoms with E-state index in [2.05, 4.69) is 5.32 Å². The molecule has 1 aliphatic rings. The molecule has 8 heteroatoms. The van der Waals surface area contributed by atoms with Crippen LogP contribution in [0.3, 0.4) is 0 Å². The predicted octanol–water partition coefficient (Wildman–Crippen LogP) is 1.32. The Morgan fingerprint density at radius 1 is 1.23 bits per heavy atom. The fourth-order valence-electron chi connectivity index (χ4n) is 2.53. The van der Waals surface area contributed by atoms with Crippen LogP contribution in [0.1, 0.15) is 33.1 Å². The lowest BCUT2D eigenvalue weighted by Crippen LogP contribution is -2.20. The van der Waals surface area contributed by atoms with Gasteiger partial charge in [-0.2, -0.15) is 0 Å². The van der Waals surface area contributed by atoms with Crippen LogP contribution in [0, 0.1) is 0 Å². The number of ether oxygens (including phenoxy) is 3. The molecule has 1 aromatic heterocycles. The van der Waals surface area contributed by atoms with Crippen molar-refractivity contribution in [2.75, 3.05) is 33.3 Å². The highest BCUT2D eigenvalue weighted by Gasteiger charge is 2.38. The van der Waals surface area contributed by atoms with Crippen molar-refractivity contribution in [3.63, 3.8) is 0 Å². The number of nitrogens with one attached hydrogen (secondary N) is 1. The maximum absolute atomic E-state index is 12.1. The van der Waals surface area contributed by atoms with Gasteiger partial charge in [-0.3, -0.25) is 9.59 Å². The second-order valence-electron chi connectivity index (χ2n) is 4.73. The van der Waals surface area contributed by atoms with Gasteiger partial charge >= 0.3 is 11.9 Å². The first-order valence-corrected chi connectivity index (χ1v) is 7.45. The average molecular weight is 327 g/mol. The summed E-state index contributed by atoms with van der Waals surface area (Å²) in [6, 6.07) is 0. The fourth-order valence-corrected chi connectivity index (χ4v) is 3.81. The molecule has 7 nitrogen and oxygen atoms in total. The number of hydrogen-bond acceptors (Lipinski definition) is 7. The van der Waals surface area contributed by atoms with Crippen LogP contribution in [0.25, 0.3) is 0 Å². The van der Waals surface area contributed by atoms with Gasteiger partial charge in [-0.1, -0.05) is 0 Å². The van der Waals surface area contributed by atoms with E-state index in [1.807, 2.05) is 0 Å². The van der Waals surface area contributed by atoms with E-state index < -0.39 is 17.9 Å². The molecule has 0 aromatic carbocycles.